The molecule has 2 amide bonds. The van der Waals surface area contributed by atoms with Crippen molar-refractivity contribution in [3.05, 3.63) is 65.9 Å². The molecule has 28 heavy (non-hydrogen) atoms. The molecule has 0 spiro atoms. The van der Waals surface area contributed by atoms with E-state index in [0.29, 0.717) is 18.0 Å². The molecule has 0 saturated heterocycles. The van der Waals surface area contributed by atoms with Crippen LogP contribution in [0.4, 0.5) is 10.5 Å². The van der Waals surface area contributed by atoms with Gasteiger partial charge >= 0.3 is 6.03 Å². The number of carbonyl (C=O) groups excluding carboxylic acids is 1. The van der Waals surface area contributed by atoms with E-state index in [2.05, 4.69) is 10.5 Å². The predicted molar refractivity (Wildman–Crippen MR) is 109 cm³/mol. The zero-order valence-electron chi connectivity index (χ0n) is 16.6. The number of methoxy groups -OCH3 is 1. The predicted octanol–water partition coefficient (Wildman–Crippen LogP) is 5.10. The van der Waals surface area contributed by atoms with Crippen LogP contribution in [-0.2, 0) is 6.54 Å². The first-order valence-electron chi connectivity index (χ1n) is 9.20. The number of nitrogens with zero attached hydrogens (tertiary/aromatic N) is 2. The Morgan fingerprint density at radius 2 is 1.93 bits per heavy atom. The molecule has 0 aliphatic heterocycles. The van der Waals surface area contributed by atoms with Gasteiger partial charge in [-0.05, 0) is 45.0 Å². The van der Waals surface area contributed by atoms with Gasteiger partial charge in [0.15, 0.2) is 5.76 Å². The highest BCUT2D eigenvalue weighted by atomic mass is 16.5. The number of carbonyl (C=O) groups is 1. The van der Waals surface area contributed by atoms with Crippen molar-refractivity contribution in [3.63, 3.8) is 0 Å². The summed E-state index contributed by atoms with van der Waals surface area (Å²) in [5, 5.41) is 7.07. The summed E-state index contributed by atoms with van der Waals surface area (Å²) in [6, 6.07) is 17.0. The smallest absolute Gasteiger partial charge is 0.322 e. The maximum absolute atomic E-state index is 12.7. The lowest BCUT2D eigenvalue weighted by atomic mass is 10.1. The molecule has 0 radical (unpaired) electrons. The normalized spacial score (nSPS) is 10.8. The van der Waals surface area contributed by atoms with Gasteiger partial charge in [0.2, 0.25) is 0 Å². The number of rotatable bonds is 6. The minimum Gasteiger partial charge on any atom is -0.497 e. The monoisotopic (exact) mass is 379 g/mol. The van der Waals surface area contributed by atoms with Gasteiger partial charge in [0.05, 0.1) is 13.7 Å². The fourth-order valence-corrected chi connectivity index (χ4v) is 2.79. The van der Waals surface area contributed by atoms with Crippen LogP contribution in [0.5, 0.6) is 5.75 Å². The van der Waals surface area contributed by atoms with E-state index >= 15 is 0 Å². The number of amides is 2. The second-order valence-corrected chi connectivity index (χ2v) is 6.93. The fourth-order valence-electron chi connectivity index (χ4n) is 2.79. The second-order valence-electron chi connectivity index (χ2n) is 6.93. The number of nitrogens with one attached hydrogen (secondary N) is 1. The number of aryl methyl sites for hydroxylation is 1. The molecule has 1 aromatic heterocycles. The van der Waals surface area contributed by atoms with E-state index in [1.807, 2.05) is 75.4 Å². The van der Waals surface area contributed by atoms with Crippen LogP contribution < -0.4 is 10.1 Å². The summed E-state index contributed by atoms with van der Waals surface area (Å²) in [6.07, 6.45) is 0. The molecule has 2 aromatic carbocycles. The van der Waals surface area contributed by atoms with Crippen LogP contribution in [-0.4, -0.2) is 29.2 Å². The lowest BCUT2D eigenvalue weighted by molar-refractivity contribution is 0.191. The Bertz CT molecular complexity index is 932. The van der Waals surface area contributed by atoms with E-state index in [4.69, 9.17) is 9.26 Å². The van der Waals surface area contributed by atoms with Crippen molar-refractivity contribution < 1.29 is 14.1 Å². The maximum atomic E-state index is 12.7. The molecule has 0 bridgehead atoms. The molecule has 3 rings (SSSR count). The zero-order chi connectivity index (χ0) is 20.1. The third-order valence-electron chi connectivity index (χ3n) is 4.43. The zero-order valence-corrected chi connectivity index (χ0v) is 16.6. The van der Waals surface area contributed by atoms with Crippen LogP contribution in [0.2, 0.25) is 0 Å². The molecule has 6 heteroatoms. The van der Waals surface area contributed by atoms with Crippen LogP contribution in [0.3, 0.4) is 0 Å². The fraction of sp³-hybridized carbons (Fsp3) is 0.273. The quantitative estimate of drug-likeness (QED) is 0.647. The van der Waals surface area contributed by atoms with E-state index in [-0.39, 0.29) is 12.1 Å². The first kappa shape index (κ1) is 19.5. The van der Waals surface area contributed by atoms with Gasteiger partial charge in [0.25, 0.3) is 0 Å². The molecule has 0 unspecified atom stereocenters. The highest BCUT2D eigenvalue weighted by Crippen LogP contribution is 2.25. The summed E-state index contributed by atoms with van der Waals surface area (Å²) < 4.78 is 10.7. The molecular formula is C22H25N3O3. The first-order valence-corrected chi connectivity index (χ1v) is 9.20. The second kappa shape index (κ2) is 8.61. The molecule has 0 fully saturated rings. The van der Waals surface area contributed by atoms with Gasteiger partial charge in [-0.2, -0.15) is 0 Å². The number of urea groups is 1. The average Bonchev–Trinajstić information content (AvgIpc) is 3.16. The van der Waals surface area contributed by atoms with Gasteiger partial charge in [-0.15, -0.1) is 0 Å². The minimum atomic E-state index is -0.176. The number of aromatic nitrogens is 1. The maximum Gasteiger partial charge on any atom is 0.322 e. The molecule has 1 N–H and O–H groups in total. The first-order chi connectivity index (χ1) is 13.5. The van der Waals surface area contributed by atoms with Crippen molar-refractivity contribution in [2.45, 2.75) is 33.4 Å². The molecule has 0 atom stereocenters. The van der Waals surface area contributed by atoms with Gasteiger partial charge in [0, 0.05) is 23.4 Å². The molecule has 1 heterocycles. The van der Waals surface area contributed by atoms with Crippen molar-refractivity contribution in [2.24, 2.45) is 0 Å². The van der Waals surface area contributed by atoms with Gasteiger partial charge < -0.3 is 19.5 Å². The number of benzene rings is 2. The van der Waals surface area contributed by atoms with E-state index in [1.54, 1.807) is 12.0 Å². The van der Waals surface area contributed by atoms with E-state index in [1.165, 1.54) is 0 Å². The lowest BCUT2D eigenvalue weighted by Crippen LogP contribution is -2.39. The summed E-state index contributed by atoms with van der Waals surface area (Å²) in [5.74, 6) is 1.38. The summed E-state index contributed by atoms with van der Waals surface area (Å²) >= 11 is 0. The Morgan fingerprint density at radius 1 is 1.18 bits per heavy atom. The third kappa shape index (κ3) is 4.71. The Morgan fingerprint density at radius 3 is 2.61 bits per heavy atom. The number of hydrogen-bond acceptors (Lipinski definition) is 4. The van der Waals surface area contributed by atoms with E-state index in [0.717, 1.165) is 22.6 Å². The van der Waals surface area contributed by atoms with Crippen molar-refractivity contribution in [2.75, 3.05) is 12.4 Å². The van der Waals surface area contributed by atoms with Crippen molar-refractivity contribution >= 4 is 11.7 Å². The number of anilines is 1. The van der Waals surface area contributed by atoms with Crippen LogP contribution in [0, 0.1) is 6.92 Å². The van der Waals surface area contributed by atoms with E-state index < -0.39 is 0 Å². The molecular weight excluding hydrogens is 354 g/mol. The van der Waals surface area contributed by atoms with Gasteiger partial charge in [-0.25, -0.2) is 4.79 Å². The van der Waals surface area contributed by atoms with Crippen LogP contribution in [0.25, 0.3) is 11.3 Å². The molecule has 0 aliphatic rings. The van der Waals surface area contributed by atoms with Crippen molar-refractivity contribution in [1.29, 1.82) is 0 Å². The lowest BCUT2D eigenvalue weighted by Gasteiger charge is -2.26. The minimum absolute atomic E-state index is 0.00224. The molecule has 146 valence electrons. The van der Waals surface area contributed by atoms with Crippen molar-refractivity contribution in [3.8, 4) is 17.1 Å². The van der Waals surface area contributed by atoms with Crippen LogP contribution >= 0.6 is 0 Å². The highest BCUT2D eigenvalue weighted by molar-refractivity contribution is 5.89. The Hall–Kier alpha value is -3.28. The largest absolute Gasteiger partial charge is 0.497 e. The van der Waals surface area contributed by atoms with Crippen LogP contribution in [0.15, 0.2) is 59.1 Å². The molecule has 3 aromatic rings. The number of hydrogen-bond donors (Lipinski definition) is 1. The average molecular weight is 379 g/mol. The summed E-state index contributed by atoms with van der Waals surface area (Å²) in [5.41, 5.74) is 3.47. The Labute approximate surface area is 165 Å². The molecule has 0 saturated carbocycles. The standard InChI is InChI=1S/C22H25N3O3/c1-15(2)25(22(26)23-18-10-8-16(3)9-11-18)14-19-13-21(28-24-19)17-6-5-7-20(12-17)27-4/h5-13,15H,14H2,1-4H3,(H,23,26). The Balaban J connectivity index is 1.73. The van der Waals surface area contributed by atoms with Gasteiger partial charge in [-0.1, -0.05) is 35.0 Å². The summed E-state index contributed by atoms with van der Waals surface area (Å²) in [6.45, 7) is 6.30. The topological polar surface area (TPSA) is 67.6 Å². The van der Waals surface area contributed by atoms with Gasteiger partial charge in [0.1, 0.15) is 11.4 Å². The third-order valence-corrected chi connectivity index (χ3v) is 4.43. The SMILES string of the molecule is COc1cccc(-c2cc(CN(C(=O)Nc3ccc(C)cc3)C(C)C)no2)c1. The summed E-state index contributed by atoms with van der Waals surface area (Å²) in [7, 11) is 1.62. The summed E-state index contributed by atoms with van der Waals surface area (Å²) in [4.78, 5) is 14.5. The number of ether oxygens (including phenoxy) is 1. The van der Waals surface area contributed by atoms with Crippen molar-refractivity contribution in [1.82, 2.24) is 10.1 Å². The molecule has 6 nitrogen and oxygen atoms in total. The van der Waals surface area contributed by atoms with E-state index in [9.17, 15) is 4.79 Å². The van der Waals surface area contributed by atoms with Crippen LogP contribution in [0.1, 0.15) is 25.1 Å². The van der Waals surface area contributed by atoms with Gasteiger partial charge in [-0.3, -0.25) is 0 Å². The molecule has 0 aliphatic carbocycles. The Kier molecular flexibility index (Phi) is 5.99. The highest BCUT2D eigenvalue weighted by Gasteiger charge is 2.20.